The predicted molar refractivity (Wildman–Crippen MR) is 107 cm³/mol. The van der Waals surface area contributed by atoms with Gasteiger partial charge >= 0.3 is 0 Å². The number of anilines is 1. The van der Waals surface area contributed by atoms with Crippen LogP contribution in [0.3, 0.4) is 0 Å². The lowest BCUT2D eigenvalue weighted by Gasteiger charge is -2.23. The van der Waals surface area contributed by atoms with Crippen molar-refractivity contribution in [3.05, 3.63) is 65.2 Å². The number of ether oxygens (including phenoxy) is 1. The van der Waals surface area contributed by atoms with Crippen molar-refractivity contribution < 1.29 is 14.3 Å². The Morgan fingerprint density at radius 2 is 1.48 bits per heavy atom. The lowest BCUT2D eigenvalue weighted by atomic mass is 10.1. The van der Waals surface area contributed by atoms with E-state index >= 15 is 0 Å². The predicted octanol–water partition coefficient (Wildman–Crippen LogP) is 2.73. The van der Waals surface area contributed by atoms with Crippen LogP contribution in [0.15, 0.2) is 48.5 Å². The topological polar surface area (TPSA) is 93.5 Å². The van der Waals surface area contributed by atoms with Gasteiger partial charge in [-0.25, -0.2) is 0 Å². The fourth-order valence-corrected chi connectivity index (χ4v) is 2.81. The maximum atomic E-state index is 12.3. The Hall–Kier alpha value is -2.41. The molecule has 7 heteroatoms. The van der Waals surface area contributed by atoms with Crippen LogP contribution in [0.5, 0.6) is 0 Å². The number of carbonyl (C=O) groups excluding carboxylic acids is 2. The van der Waals surface area contributed by atoms with Crippen molar-refractivity contribution in [1.29, 1.82) is 0 Å². The molecule has 144 valence electrons. The first kappa shape index (κ1) is 20.9. The Balaban J connectivity index is 0.00000261. The lowest BCUT2D eigenvalue weighted by molar-refractivity contribution is 0.0696. The van der Waals surface area contributed by atoms with Crippen molar-refractivity contribution in [2.75, 3.05) is 18.5 Å². The monoisotopic (exact) mass is 389 g/mol. The molecule has 1 fully saturated rings. The molecule has 1 saturated heterocycles. The molecule has 0 unspecified atom stereocenters. The number of carbonyl (C=O) groups is 2. The second-order valence-electron chi connectivity index (χ2n) is 6.29. The summed E-state index contributed by atoms with van der Waals surface area (Å²) in [5.74, 6) is -0.305. The highest BCUT2D eigenvalue weighted by atomic mass is 35.5. The van der Waals surface area contributed by atoms with Gasteiger partial charge in [-0.15, -0.1) is 12.4 Å². The van der Waals surface area contributed by atoms with Crippen LogP contribution >= 0.6 is 12.4 Å². The Bertz CT molecular complexity index is 757. The van der Waals surface area contributed by atoms with Crippen LogP contribution in [-0.4, -0.2) is 31.1 Å². The zero-order valence-electron chi connectivity index (χ0n) is 14.9. The number of nitrogens with one attached hydrogen (secondary N) is 2. The van der Waals surface area contributed by atoms with Crippen LogP contribution in [0, 0.1) is 0 Å². The fraction of sp³-hybridized carbons (Fsp3) is 0.300. The number of nitrogens with two attached hydrogens (primary N) is 1. The minimum absolute atomic E-state index is 0. The highest BCUT2D eigenvalue weighted by Crippen LogP contribution is 2.13. The number of amides is 2. The van der Waals surface area contributed by atoms with E-state index in [1.54, 1.807) is 36.4 Å². The minimum Gasteiger partial charge on any atom is -0.381 e. The molecule has 2 amide bonds. The molecule has 6 nitrogen and oxygen atoms in total. The molecule has 0 aromatic heterocycles. The Morgan fingerprint density at radius 3 is 2.07 bits per heavy atom. The summed E-state index contributed by atoms with van der Waals surface area (Å²) in [7, 11) is 0. The van der Waals surface area contributed by atoms with Crippen molar-refractivity contribution in [3.63, 3.8) is 0 Å². The number of halogens is 1. The molecule has 1 aliphatic rings. The molecule has 3 rings (SSSR count). The first-order chi connectivity index (χ1) is 12.7. The van der Waals surface area contributed by atoms with Gasteiger partial charge in [0.25, 0.3) is 11.8 Å². The van der Waals surface area contributed by atoms with Gasteiger partial charge in [0.1, 0.15) is 0 Å². The van der Waals surface area contributed by atoms with Crippen LogP contribution < -0.4 is 16.4 Å². The summed E-state index contributed by atoms with van der Waals surface area (Å²) >= 11 is 0. The van der Waals surface area contributed by atoms with Crippen molar-refractivity contribution in [1.82, 2.24) is 5.32 Å². The number of hydrogen-bond acceptors (Lipinski definition) is 4. The van der Waals surface area contributed by atoms with E-state index in [4.69, 9.17) is 10.5 Å². The molecular formula is C20H24ClN3O3. The second kappa shape index (κ2) is 10.1. The zero-order valence-corrected chi connectivity index (χ0v) is 15.8. The summed E-state index contributed by atoms with van der Waals surface area (Å²) in [4.78, 5) is 24.5. The molecule has 0 aliphatic carbocycles. The number of rotatable bonds is 5. The first-order valence-corrected chi connectivity index (χ1v) is 8.75. The molecule has 1 aliphatic heterocycles. The van der Waals surface area contributed by atoms with Crippen LogP contribution in [0.4, 0.5) is 5.69 Å². The Labute approximate surface area is 164 Å². The van der Waals surface area contributed by atoms with E-state index in [0.29, 0.717) is 36.6 Å². The summed E-state index contributed by atoms with van der Waals surface area (Å²) in [6, 6.07) is 14.2. The van der Waals surface area contributed by atoms with Crippen molar-refractivity contribution in [2.24, 2.45) is 5.73 Å². The molecule has 0 saturated carbocycles. The van der Waals surface area contributed by atoms with E-state index in [1.165, 1.54) is 0 Å². The van der Waals surface area contributed by atoms with Gasteiger partial charge in [-0.2, -0.15) is 0 Å². The normalized spacial score (nSPS) is 14.1. The third-order valence-electron chi connectivity index (χ3n) is 4.41. The van der Waals surface area contributed by atoms with Gasteiger partial charge < -0.3 is 21.1 Å². The van der Waals surface area contributed by atoms with Gasteiger partial charge in [0, 0.05) is 42.6 Å². The van der Waals surface area contributed by atoms with Gasteiger partial charge in [0.05, 0.1) is 0 Å². The van der Waals surface area contributed by atoms with Crippen LogP contribution in [0.25, 0.3) is 0 Å². The van der Waals surface area contributed by atoms with E-state index in [-0.39, 0.29) is 30.3 Å². The second-order valence-corrected chi connectivity index (χ2v) is 6.29. The van der Waals surface area contributed by atoms with Crippen molar-refractivity contribution in [3.8, 4) is 0 Å². The van der Waals surface area contributed by atoms with E-state index < -0.39 is 0 Å². The van der Waals surface area contributed by atoms with Gasteiger partial charge in [-0.3, -0.25) is 9.59 Å². The van der Waals surface area contributed by atoms with Crippen LogP contribution in [0.2, 0.25) is 0 Å². The number of hydrogen-bond donors (Lipinski definition) is 3. The third-order valence-corrected chi connectivity index (χ3v) is 4.41. The van der Waals surface area contributed by atoms with Crippen molar-refractivity contribution >= 4 is 29.9 Å². The molecular weight excluding hydrogens is 366 g/mol. The molecule has 0 atom stereocenters. The SMILES string of the molecule is Cl.NCc1ccc(C(=O)Nc2ccc(C(=O)NC3CCOCC3)cc2)cc1. The smallest absolute Gasteiger partial charge is 0.255 e. The Morgan fingerprint density at radius 1 is 0.926 bits per heavy atom. The van der Waals surface area contributed by atoms with E-state index in [1.807, 2.05) is 12.1 Å². The average molecular weight is 390 g/mol. The summed E-state index contributed by atoms with van der Waals surface area (Å²) in [6.07, 6.45) is 1.67. The quantitative estimate of drug-likeness (QED) is 0.732. The maximum absolute atomic E-state index is 12.3. The van der Waals surface area contributed by atoms with Crippen LogP contribution in [-0.2, 0) is 11.3 Å². The summed E-state index contributed by atoms with van der Waals surface area (Å²) in [5, 5.41) is 5.84. The number of benzene rings is 2. The van der Waals surface area contributed by atoms with Gasteiger partial charge in [0.15, 0.2) is 0 Å². The zero-order chi connectivity index (χ0) is 18.4. The molecule has 4 N–H and O–H groups in total. The average Bonchev–Trinajstić information content (AvgIpc) is 2.69. The van der Waals surface area contributed by atoms with Crippen molar-refractivity contribution in [2.45, 2.75) is 25.4 Å². The minimum atomic E-state index is -0.201. The van der Waals surface area contributed by atoms with E-state index in [9.17, 15) is 9.59 Å². The van der Waals surface area contributed by atoms with E-state index in [0.717, 1.165) is 18.4 Å². The highest BCUT2D eigenvalue weighted by molar-refractivity contribution is 6.04. The first-order valence-electron chi connectivity index (χ1n) is 8.75. The van der Waals surface area contributed by atoms with E-state index in [2.05, 4.69) is 10.6 Å². The molecule has 2 aromatic carbocycles. The van der Waals surface area contributed by atoms with Gasteiger partial charge in [-0.05, 0) is 54.8 Å². The van der Waals surface area contributed by atoms with Gasteiger partial charge in [-0.1, -0.05) is 12.1 Å². The molecule has 2 aromatic rings. The summed E-state index contributed by atoms with van der Waals surface area (Å²) in [5.41, 5.74) is 8.30. The fourth-order valence-electron chi connectivity index (χ4n) is 2.81. The van der Waals surface area contributed by atoms with Gasteiger partial charge in [0.2, 0.25) is 0 Å². The summed E-state index contributed by atoms with van der Waals surface area (Å²) in [6.45, 7) is 1.81. The molecule has 27 heavy (non-hydrogen) atoms. The molecule has 1 heterocycles. The Kier molecular flexibility index (Phi) is 7.79. The molecule has 0 radical (unpaired) electrons. The van der Waals surface area contributed by atoms with Crippen LogP contribution in [0.1, 0.15) is 39.1 Å². The third kappa shape index (κ3) is 5.79. The maximum Gasteiger partial charge on any atom is 0.255 e. The summed E-state index contributed by atoms with van der Waals surface area (Å²) < 4.78 is 5.29. The highest BCUT2D eigenvalue weighted by Gasteiger charge is 2.17. The largest absolute Gasteiger partial charge is 0.381 e. The lowest BCUT2D eigenvalue weighted by Crippen LogP contribution is -2.38. The molecule has 0 bridgehead atoms. The molecule has 0 spiro atoms. The standard InChI is InChI=1S/C20H23N3O3.ClH/c21-13-14-1-3-15(4-2-14)19(24)22-17-7-5-16(6-8-17)20(25)23-18-9-11-26-12-10-18;/h1-8,18H,9-13,21H2,(H,22,24)(H,23,25);1H.